The third kappa shape index (κ3) is 2.07. The molecule has 0 amide bonds. The molecular formula is C21H29NO2S. The lowest BCUT2D eigenvalue weighted by molar-refractivity contribution is -0.0217. The molecule has 0 aliphatic heterocycles. The van der Waals surface area contributed by atoms with Gasteiger partial charge in [-0.1, -0.05) is 30.7 Å². The van der Waals surface area contributed by atoms with Crippen molar-refractivity contribution >= 4 is 11.8 Å². The highest BCUT2D eigenvalue weighted by molar-refractivity contribution is 7.98. The minimum atomic E-state index is -0.115. The van der Waals surface area contributed by atoms with Crippen molar-refractivity contribution in [3.63, 3.8) is 0 Å². The summed E-state index contributed by atoms with van der Waals surface area (Å²) in [5.41, 5.74) is 3.44. The lowest BCUT2D eigenvalue weighted by Crippen LogP contribution is -2.51. The summed E-state index contributed by atoms with van der Waals surface area (Å²) < 4.78 is 5.88. The smallest absolute Gasteiger partial charge is 0.147 e. The van der Waals surface area contributed by atoms with Crippen molar-refractivity contribution in [2.24, 2.45) is 23.2 Å². The Morgan fingerprint density at radius 2 is 1.96 bits per heavy atom. The first-order valence-electron chi connectivity index (χ1n) is 9.88. The van der Waals surface area contributed by atoms with Crippen LogP contribution in [0.5, 0.6) is 0 Å². The molecule has 1 heterocycles. The van der Waals surface area contributed by atoms with E-state index in [9.17, 15) is 5.11 Å². The van der Waals surface area contributed by atoms with Gasteiger partial charge in [0.2, 0.25) is 0 Å². The van der Waals surface area contributed by atoms with Crippen molar-refractivity contribution < 1.29 is 9.63 Å². The quantitative estimate of drug-likeness (QED) is 0.581. The van der Waals surface area contributed by atoms with Crippen LogP contribution in [0.25, 0.3) is 0 Å². The zero-order valence-corrected chi connectivity index (χ0v) is 16.4. The summed E-state index contributed by atoms with van der Waals surface area (Å²) in [6.07, 6.45) is 12.4. The van der Waals surface area contributed by atoms with Crippen LogP contribution in [-0.4, -0.2) is 22.6 Å². The normalized spacial score (nSPS) is 45.2. The zero-order chi connectivity index (χ0) is 17.4. The van der Waals surface area contributed by atoms with Gasteiger partial charge >= 0.3 is 0 Å². The highest BCUT2D eigenvalue weighted by atomic mass is 32.2. The second-order valence-electron chi connectivity index (χ2n) is 9.32. The number of nitrogens with zero attached hydrogens (tertiary/aromatic N) is 1. The number of aliphatic hydroxyl groups is 1. The standard InChI is InChI=1S/C21H29NO2S/c1-20-8-6-13(23)10-12(20)4-5-14-16(20)7-9-21(2)17(14)11-15-18(21)24-22-19(15)25-3/h4,13-14,16-17,23H,5-11H2,1-3H3/t13-,14+,16-,17-,20-,21-/m0/s1. The molecule has 4 aliphatic rings. The maximum absolute atomic E-state index is 10.1. The monoisotopic (exact) mass is 359 g/mol. The molecule has 4 heteroatoms. The first-order chi connectivity index (χ1) is 12.0. The van der Waals surface area contributed by atoms with Crippen LogP contribution in [0.4, 0.5) is 0 Å². The molecule has 0 saturated heterocycles. The molecule has 1 aromatic heterocycles. The summed E-state index contributed by atoms with van der Waals surface area (Å²) in [4.78, 5) is 0. The average Bonchev–Trinajstić information content (AvgIpc) is 3.13. The third-order valence-corrected chi connectivity index (χ3v) is 9.06. The topological polar surface area (TPSA) is 46.3 Å². The lowest BCUT2D eigenvalue weighted by atomic mass is 9.48. The predicted octanol–water partition coefficient (Wildman–Crippen LogP) is 4.73. The van der Waals surface area contributed by atoms with Crippen LogP contribution in [0.1, 0.15) is 63.7 Å². The third-order valence-electron chi connectivity index (χ3n) is 8.36. The Labute approximate surface area is 154 Å². The minimum Gasteiger partial charge on any atom is -0.393 e. The number of hydrogen-bond acceptors (Lipinski definition) is 4. The van der Waals surface area contributed by atoms with Crippen LogP contribution < -0.4 is 0 Å². The van der Waals surface area contributed by atoms with Crippen molar-refractivity contribution in [3.8, 4) is 0 Å². The molecule has 1 N–H and O–H groups in total. The molecule has 2 saturated carbocycles. The van der Waals surface area contributed by atoms with E-state index in [1.807, 2.05) is 0 Å². The van der Waals surface area contributed by atoms with Crippen LogP contribution in [0.15, 0.2) is 21.2 Å². The van der Waals surface area contributed by atoms with Crippen molar-refractivity contribution in [1.29, 1.82) is 0 Å². The highest BCUT2D eigenvalue weighted by Crippen LogP contribution is 2.64. The second-order valence-corrected chi connectivity index (χ2v) is 10.1. The highest BCUT2D eigenvalue weighted by Gasteiger charge is 2.59. The van der Waals surface area contributed by atoms with E-state index in [4.69, 9.17) is 4.52 Å². The van der Waals surface area contributed by atoms with E-state index in [1.54, 1.807) is 17.3 Å². The molecule has 0 aromatic carbocycles. The zero-order valence-electron chi connectivity index (χ0n) is 15.5. The largest absolute Gasteiger partial charge is 0.393 e. The summed E-state index contributed by atoms with van der Waals surface area (Å²) in [7, 11) is 0. The van der Waals surface area contributed by atoms with Gasteiger partial charge in [-0.3, -0.25) is 0 Å². The van der Waals surface area contributed by atoms with Gasteiger partial charge in [-0.15, -0.1) is 11.8 Å². The fourth-order valence-corrected chi connectivity index (χ4v) is 7.46. The number of rotatable bonds is 1. The van der Waals surface area contributed by atoms with Crippen molar-refractivity contribution in [1.82, 2.24) is 5.16 Å². The van der Waals surface area contributed by atoms with E-state index >= 15 is 0 Å². The minimum absolute atomic E-state index is 0.115. The van der Waals surface area contributed by atoms with E-state index in [2.05, 4.69) is 31.3 Å². The van der Waals surface area contributed by atoms with Crippen molar-refractivity contribution in [2.45, 2.75) is 75.3 Å². The summed E-state index contributed by atoms with van der Waals surface area (Å²) >= 11 is 1.73. The fourth-order valence-electron chi connectivity index (χ4n) is 6.92. The number of aromatic nitrogens is 1. The van der Waals surface area contributed by atoms with Gasteiger partial charge in [0.1, 0.15) is 10.8 Å². The fraction of sp³-hybridized carbons (Fsp3) is 0.762. The molecule has 0 radical (unpaired) electrons. The molecule has 1 aromatic rings. The molecule has 25 heavy (non-hydrogen) atoms. The van der Waals surface area contributed by atoms with Crippen LogP contribution in [0, 0.1) is 23.2 Å². The summed E-state index contributed by atoms with van der Waals surface area (Å²) in [5, 5.41) is 15.6. The Kier molecular flexibility index (Phi) is 3.54. The molecule has 0 unspecified atom stereocenters. The Balaban J connectivity index is 1.52. The maximum atomic E-state index is 10.1. The molecule has 3 nitrogen and oxygen atoms in total. The Morgan fingerprint density at radius 1 is 1.16 bits per heavy atom. The van der Waals surface area contributed by atoms with E-state index in [0.717, 1.165) is 42.5 Å². The molecule has 2 fully saturated rings. The van der Waals surface area contributed by atoms with Gasteiger partial charge in [0.25, 0.3) is 0 Å². The number of allylic oxidation sites excluding steroid dienone is 1. The number of hydrogen-bond donors (Lipinski definition) is 1. The van der Waals surface area contributed by atoms with Gasteiger partial charge in [0.05, 0.1) is 6.10 Å². The molecular weight excluding hydrogens is 330 g/mol. The van der Waals surface area contributed by atoms with E-state index < -0.39 is 0 Å². The van der Waals surface area contributed by atoms with Crippen LogP contribution in [-0.2, 0) is 11.8 Å². The Bertz CT molecular complexity index is 740. The lowest BCUT2D eigenvalue weighted by Gasteiger charge is -2.56. The molecule has 136 valence electrons. The van der Waals surface area contributed by atoms with Gasteiger partial charge in [-0.25, -0.2) is 0 Å². The van der Waals surface area contributed by atoms with E-state index in [0.29, 0.717) is 11.3 Å². The van der Waals surface area contributed by atoms with Crippen molar-refractivity contribution in [3.05, 3.63) is 23.0 Å². The van der Waals surface area contributed by atoms with Crippen LogP contribution in [0.3, 0.4) is 0 Å². The Morgan fingerprint density at radius 3 is 2.76 bits per heavy atom. The van der Waals surface area contributed by atoms with E-state index in [-0.39, 0.29) is 11.5 Å². The molecule has 0 bridgehead atoms. The van der Waals surface area contributed by atoms with Crippen molar-refractivity contribution in [2.75, 3.05) is 6.26 Å². The second kappa shape index (κ2) is 5.39. The summed E-state index contributed by atoms with van der Waals surface area (Å²) in [6, 6.07) is 0. The Hall–Kier alpha value is -0.740. The van der Waals surface area contributed by atoms with Gasteiger partial charge in [-0.05, 0) is 74.4 Å². The predicted molar refractivity (Wildman–Crippen MR) is 99.7 cm³/mol. The number of fused-ring (bicyclic) bond motifs is 7. The summed E-state index contributed by atoms with van der Waals surface area (Å²) in [6.45, 7) is 4.92. The first-order valence-corrected chi connectivity index (χ1v) is 11.1. The molecule has 4 aliphatic carbocycles. The summed E-state index contributed by atoms with van der Waals surface area (Å²) in [5.74, 6) is 3.41. The van der Waals surface area contributed by atoms with Gasteiger partial charge in [0, 0.05) is 11.0 Å². The van der Waals surface area contributed by atoms with E-state index in [1.165, 1.54) is 30.6 Å². The van der Waals surface area contributed by atoms with Gasteiger partial charge in [0.15, 0.2) is 0 Å². The first kappa shape index (κ1) is 16.4. The van der Waals surface area contributed by atoms with Crippen LogP contribution >= 0.6 is 11.8 Å². The SMILES string of the molecule is CSc1noc2c1C[C@H]1[C@@H]3CC=C4C[C@@H](O)CC[C@]4(C)[C@H]3CC[C@]21C. The number of aliphatic hydroxyl groups excluding tert-OH is 1. The molecule has 5 rings (SSSR count). The maximum Gasteiger partial charge on any atom is 0.147 e. The van der Waals surface area contributed by atoms with Gasteiger partial charge in [-0.2, -0.15) is 0 Å². The van der Waals surface area contributed by atoms with Gasteiger partial charge < -0.3 is 9.63 Å². The van der Waals surface area contributed by atoms with Crippen LogP contribution in [0.2, 0.25) is 0 Å². The molecule has 0 spiro atoms. The molecule has 6 atom stereocenters. The number of thioether (sulfide) groups is 1. The average molecular weight is 360 g/mol.